The molecule has 1 aliphatic rings. The quantitative estimate of drug-likeness (QED) is 0.258. The Kier molecular flexibility index (Phi) is 10.1. The Morgan fingerprint density at radius 3 is 2.41 bits per heavy atom. The van der Waals surface area contributed by atoms with Crippen molar-refractivity contribution in [3.63, 3.8) is 0 Å². The normalized spacial score (nSPS) is 16.1. The van der Waals surface area contributed by atoms with E-state index < -0.39 is 5.60 Å². The molecule has 0 radical (unpaired) electrons. The number of aromatic nitrogens is 2. The van der Waals surface area contributed by atoms with E-state index in [0.717, 1.165) is 64.2 Å². The molecule has 8 heteroatoms. The zero-order chi connectivity index (χ0) is 26.1. The first-order valence-corrected chi connectivity index (χ1v) is 14.1. The van der Waals surface area contributed by atoms with Crippen LogP contribution < -0.4 is 9.64 Å². The Balaban J connectivity index is 1.19. The minimum atomic E-state index is -1.09. The first kappa shape index (κ1) is 27.8. The number of unbranched alkanes of at least 4 members (excludes halogenated alkanes) is 3. The van der Waals surface area contributed by atoms with Crippen molar-refractivity contribution >= 4 is 28.9 Å². The van der Waals surface area contributed by atoms with Crippen molar-refractivity contribution in [1.29, 1.82) is 0 Å². The number of imidazole rings is 1. The first-order chi connectivity index (χ1) is 18.0. The fourth-order valence-electron chi connectivity index (χ4n) is 4.99. The number of halogens is 2. The Bertz CT molecular complexity index is 1090. The minimum Gasteiger partial charge on any atom is -0.494 e. The van der Waals surface area contributed by atoms with Crippen molar-refractivity contribution in [3.05, 3.63) is 76.8 Å². The van der Waals surface area contributed by atoms with Gasteiger partial charge in [-0.3, -0.25) is 0 Å². The number of hydrogen-bond donors (Lipinski definition) is 1. The zero-order valence-electron chi connectivity index (χ0n) is 21.7. The van der Waals surface area contributed by atoms with Crippen LogP contribution in [-0.4, -0.2) is 58.9 Å². The molecule has 4 rings (SSSR count). The topological polar surface area (TPSA) is 53.8 Å². The van der Waals surface area contributed by atoms with Gasteiger partial charge in [-0.1, -0.05) is 55.5 Å². The average Bonchev–Trinajstić information content (AvgIpc) is 3.41. The number of aliphatic hydroxyl groups is 1. The van der Waals surface area contributed by atoms with Gasteiger partial charge in [-0.2, -0.15) is 0 Å². The van der Waals surface area contributed by atoms with Crippen LogP contribution in [0.25, 0.3) is 0 Å². The molecule has 3 aromatic rings. The number of anilines is 1. The summed E-state index contributed by atoms with van der Waals surface area (Å²) in [5.41, 5.74) is 0.877. The number of ether oxygens (including phenoxy) is 1. The predicted molar refractivity (Wildman–Crippen MR) is 152 cm³/mol. The van der Waals surface area contributed by atoms with E-state index in [-0.39, 0.29) is 0 Å². The molecule has 0 bridgehead atoms. The number of benzene rings is 2. The highest BCUT2D eigenvalue weighted by Crippen LogP contribution is 2.36. The summed E-state index contributed by atoms with van der Waals surface area (Å²) in [6, 6.07) is 13.8. The molecule has 0 aliphatic carbocycles. The molecule has 2 heterocycles. The van der Waals surface area contributed by atoms with Gasteiger partial charge in [0.25, 0.3) is 0 Å². The third kappa shape index (κ3) is 7.87. The van der Waals surface area contributed by atoms with E-state index in [2.05, 4.69) is 46.0 Å². The van der Waals surface area contributed by atoms with Crippen LogP contribution in [0.15, 0.2) is 61.2 Å². The Morgan fingerprint density at radius 1 is 0.973 bits per heavy atom. The molecule has 0 amide bonds. The van der Waals surface area contributed by atoms with E-state index in [1.165, 1.54) is 5.69 Å². The largest absolute Gasteiger partial charge is 0.494 e. The Labute approximate surface area is 230 Å². The fourth-order valence-corrected chi connectivity index (χ4v) is 5.57. The average molecular weight is 546 g/mol. The molecule has 6 nitrogen and oxygen atoms in total. The molecule has 200 valence electrons. The van der Waals surface area contributed by atoms with Crippen LogP contribution in [-0.2, 0) is 12.1 Å². The molecule has 1 aliphatic heterocycles. The lowest BCUT2D eigenvalue weighted by atomic mass is 9.87. The van der Waals surface area contributed by atoms with Crippen molar-refractivity contribution in [1.82, 2.24) is 14.5 Å². The summed E-state index contributed by atoms with van der Waals surface area (Å²) in [5.74, 6) is 0.919. The summed E-state index contributed by atoms with van der Waals surface area (Å²) < 4.78 is 7.86. The SMILES string of the molecule is CCN1CCN(c2ccc(OCCCCCCC(O)(Cn3ccnc3)c3ccc(Cl)cc3Cl)cc2)CC1. The number of rotatable bonds is 13. The second-order valence-corrected chi connectivity index (χ2v) is 10.7. The molecular weight excluding hydrogens is 507 g/mol. The van der Waals surface area contributed by atoms with Crippen molar-refractivity contribution in [3.8, 4) is 5.75 Å². The van der Waals surface area contributed by atoms with Crippen molar-refractivity contribution < 1.29 is 9.84 Å². The van der Waals surface area contributed by atoms with Crippen LogP contribution in [0.5, 0.6) is 5.75 Å². The van der Waals surface area contributed by atoms with Gasteiger partial charge in [0.05, 0.1) is 19.5 Å². The van der Waals surface area contributed by atoms with Crippen LogP contribution in [0.3, 0.4) is 0 Å². The molecule has 1 unspecified atom stereocenters. The van der Waals surface area contributed by atoms with Crippen molar-refractivity contribution in [2.45, 2.75) is 51.2 Å². The van der Waals surface area contributed by atoms with Gasteiger partial charge in [-0.25, -0.2) is 4.98 Å². The molecule has 2 aromatic carbocycles. The number of nitrogens with zero attached hydrogens (tertiary/aromatic N) is 4. The highest BCUT2D eigenvalue weighted by molar-refractivity contribution is 6.35. The van der Waals surface area contributed by atoms with Gasteiger partial charge in [0.1, 0.15) is 11.4 Å². The third-order valence-electron chi connectivity index (χ3n) is 7.21. The lowest BCUT2D eigenvalue weighted by molar-refractivity contribution is 0.00712. The van der Waals surface area contributed by atoms with E-state index in [9.17, 15) is 5.11 Å². The zero-order valence-corrected chi connectivity index (χ0v) is 23.2. The first-order valence-electron chi connectivity index (χ1n) is 13.3. The van der Waals surface area contributed by atoms with Gasteiger partial charge in [0.15, 0.2) is 0 Å². The molecule has 0 spiro atoms. The second-order valence-electron chi connectivity index (χ2n) is 9.82. The molecule has 1 N–H and O–H groups in total. The maximum Gasteiger partial charge on any atom is 0.119 e. The standard InChI is InChI=1S/C29H38Cl2N4O2/c1-2-33-16-18-35(19-17-33)25-8-10-26(11-9-25)37-20-6-4-3-5-13-29(36,22-34-15-14-32-23-34)27-12-7-24(30)21-28(27)31/h7-12,14-15,21,23,36H,2-6,13,16-20,22H2,1H3. The number of likely N-dealkylation sites (N-methyl/N-ethyl adjacent to an activating group) is 1. The summed E-state index contributed by atoms with van der Waals surface area (Å²) in [6.07, 6.45) is 9.77. The predicted octanol–water partition coefficient (Wildman–Crippen LogP) is 6.25. The van der Waals surface area contributed by atoms with Crippen molar-refractivity contribution in [2.75, 3.05) is 44.2 Å². The molecular formula is C29H38Cl2N4O2. The smallest absolute Gasteiger partial charge is 0.119 e. The summed E-state index contributed by atoms with van der Waals surface area (Å²) in [5, 5.41) is 12.7. The lowest BCUT2D eigenvalue weighted by Crippen LogP contribution is -2.46. The molecule has 1 saturated heterocycles. The van der Waals surface area contributed by atoms with Gasteiger partial charge in [0.2, 0.25) is 0 Å². The maximum atomic E-state index is 11.6. The van der Waals surface area contributed by atoms with E-state index in [1.54, 1.807) is 24.7 Å². The molecule has 0 saturated carbocycles. The highest BCUT2D eigenvalue weighted by Gasteiger charge is 2.31. The van der Waals surface area contributed by atoms with Gasteiger partial charge in [0, 0.05) is 59.9 Å². The van der Waals surface area contributed by atoms with Crippen LogP contribution in [0.2, 0.25) is 10.0 Å². The third-order valence-corrected chi connectivity index (χ3v) is 7.76. The lowest BCUT2D eigenvalue weighted by Gasteiger charge is -2.35. The van der Waals surface area contributed by atoms with Crippen LogP contribution in [0.4, 0.5) is 5.69 Å². The highest BCUT2D eigenvalue weighted by atomic mass is 35.5. The van der Waals surface area contributed by atoms with Crippen LogP contribution in [0, 0.1) is 0 Å². The molecule has 1 aromatic heterocycles. The van der Waals surface area contributed by atoms with Gasteiger partial charge < -0.3 is 24.2 Å². The van der Waals surface area contributed by atoms with E-state index in [4.69, 9.17) is 27.9 Å². The number of piperazine rings is 1. The van der Waals surface area contributed by atoms with Crippen LogP contribution in [0.1, 0.15) is 44.6 Å². The Morgan fingerprint density at radius 2 is 1.73 bits per heavy atom. The number of hydrogen-bond acceptors (Lipinski definition) is 5. The van der Waals surface area contributed by atoms with Gasteiger partial charge in [-0.05, 0) is 55.8 Å². The molecule has 1 atom stereocenters. The van der Waals surface area contributed by atoms with E-state index in [1.807, 2.05) is 16.8 Å². The van der Waals surface area contributed by atoms with Gasteiger partial charge >= 0.3 is 0 Å². The summed E-state index contributed by atoms with van der Waals surface area (Å²) in [4.78, 5) is 9.04. The maximum absolute atomic E-state index is 11.6. The molecule has 37 heavy (non-hydrogen) atoms. The molecule has 1 fully saturated rings. The second kappa shape index (κ2) is 13.5. The summed E-state index contributed by atoms with van der Waals surface area (Å²) in [6.45, 7) is 8.85. The van der Waals surface area contributed by atoms with Crippen LogP contribution >= 0.6 is 23.2 Å². The Hall–Kier alpha value is -2.25. The summed E-state index contributed by atoms with van der Waals surface area (Å²) in [7, 11) is 0. The monoisotopic (exact) mass is 544 g/mol. The van der Waals surface area contributed by atoms with Crippen molar-refractivity contribution in [2.24, 2.45) is 0 Å². The van der Waals surface area contributed by atoms with E-state index in [0.29, 0.717) is 35.2 Å². The minimum absolute atomic E-state index is 0.391. The summed E-state index contributed by atoms with van der Waals surface area (Å²) >= 11 is 12.6. The van der Waals surface area contributed by atoms with Gasteiger partial charge in [-0.15, -0.1) is 0 Å². The fraction of sp³-hybridized carbons (Fsp3) is 0.483. The van der Waals surface area contributed by atoms with E-state index >= 15 is 0 Å².